The van der Waals surface area contributed by atoms with Crippen molar-refractivity contribution in [2.75, 3.05) is 0 Å². The molecule has 2 aliphatic rings. The highest BCUT2D eigenvalue weighted by atomic mass is 19.1. The molecule has 4 atom stereocenters. The fourth-order valence-corrected chi connectivity index (χ4v) is 6.58. The summed E-state index contributed by atoms with van der Waals surface area (Å²) in [6.07, 6.45) is 17.9. The van der Waals surface area contributed by atoms with Crippen LogP contribution in [0.15, 0.2) is 0 Å². The van der Waals surface area contributed by atoms with Gasteiger partial charge in [0, 0.05) is 0 Å². The molecular formula is C27H50F2. The van der Waals surface area contributed by atoms with Crippen LogP contribution in [0, 0.1) is 29.6 Å². The van der Waals surface area contributed by atoms with E-state index in [4.69, 9.17) is 0 Å². The lowest BCUT2D eigenvalue weighted by Gasteiger charge is -2.41. The van der Waals surface area contributed by atoms with Crippen LogP contribution in [0.3, 0.4) is 0 Å². The van der Waals surface area contributed by atoms with Crippen LogP contribution in [0.2, 0.25) is 0 Å². The Balaban J connectivity index is 1.68. The van der Waals surface area contributed by atoms with Crippen molar-refractivity contribution >= 4 is 0 Å². The average molecular weight is 413 g/mol. The van der Waals surface area contributed by atoms with Crippen molar-refractivity contribution in [1.82, 2.24) is 0 Å². The van der Waals surface area contributed by atoms with Gasteiger partial charge in [-0.2, -0.15) is 0 Å². The standard InChI is InChI=1S/C27H50F2/c1-4-7-12-26(28)13-8-11-24-18-19-25(20-27(24)29)23-16-14-22(15-17-23)21(9-5-2)10-6-3/h21-27H,4-20H2,1-3H3. The van der Waals surface area contributed by atoms with E-state index in [1.54, 1.807) is 0 Å². The molecular weight excluding hydrogens is 362 g/mol. The van der Waals surface area contributed by atoms with Crippen molar-refractivity contribution in [2.24, 2.45) is 29.6 Å². The van der Waals surface area contributed by atoms with Gasteiger partial charge in [-0.25, -0.2) is 8.78 Å². The summed E-state index contributed by atoms with van der Waals surface area (Å²) >= 11 is 0. The Morgan fingerprint density at radius 3 is 1.93 bits per heavy atom. The largest absolute Gasteiger partial charge is 0.247 e. The first-order valence-corrected chi connectivity index (χ1v) is 13.4. The third kappa shape index (κ3) is 8.48. The van der Waals surface area contributed by atoms with Gasteiger partial charge in [0.15, 0.2) is 0 Å². The monoisotopic (exact) mass is 412 g/mol. The second kappa shape index (κ2) is 14.0. The smallest absolute Gasteiger partial charge is 0.103 e. The highest BCUT2D eigenvalue weighted by molar-refractivity contribution is 4.87. The van der Waals surface area contributed by atoms with Gasteiger partial charge in [0.1, 0.15) is 12.3 Å². The first-order valence-electron chi connectivity index (χ1n) is 13.4. The van der Waals surface area contributed by atoms with E-state index in [1.165, 1.54) is 57.8 Å². The van der Waals surface area contributed by atoms with Crippen LogP contribution in [-0.2, 0) is 0 Å². The van der Waals surface area contributed by atoms with E-state index in [2.05, 4.69) is 20.8 Å². The van der Waals surface area contributed by atoms with Crippen LogP contribution >= 0.6 is 0 Å². The maximum atomic E-state index is 14.9. The molecule has 0 spiro atoms. The summed E-state index contributed by atoms with van der Waals surface area (Å²) < 4.78 is 28.7. The first kappa shape index (κ1) is 25.1. The van der Waals surface area contributed by atoms with E-state index in [1.807, 2.05) is 0 Å². The van der Waals surface area contributed by atoms with Crippen molar-refractivity contribution in [3.05, 3.63) is 0 Å². The lowest BCUT2D eigenvalue weighted by molar-refractivity contribution is 0.0634. The van der Waals surface area contributed by atoms with Crippen LogP contribution in [0.4, 0.5) is 8.78 Å². The third-order valence-corrected chi connectivity index (χ3v) is 8.38. The Kier molecular flexibility index (Phi) is 12.1. The summed E-state index contributed by atoms with van der Waals surface area (Å²) in [4.78, 5) is 0. The van der Waals surface area contributed by atoms with Gasteiger partial charge in [0.2, 0.25) is 0 Å². The van der Waals surface area contributed by atoms with Gasteiger partial charge in [-0.1, -0.05) is 65.7 Å². The molecule has 4 unspecified atom stereocenters. The Morgan fingerprint density at radius 2 is 1.34 bits per heavy atom. The average Bonchev–Trinajstić information content (AvgIpc) is 2.73. The van der Waals surface area contributed by atoms with Crippen LogP contribution in [0.1, 0.15) is 130 Å². The molecule has 2 saturated carbocycles. The number of rotatable bonds is 13. The highest BCUT2D eigenvalue weighted by Gasteiger charge is 2.36. The van der Waals surface area contributed by atoms with Crippen LogP contribution in [-0.4, -0.2) is 12.3 Å². The molecule has 0 nitrogen and oxygen atoms in total. The summed E-state index contributed by atoms with van der Waals surface area (Å²) in [6, 6.07) is 0. The Labute approximate surface area is 181 Å². The number of unbranched alkanes of at least 4 members (excludes halogenated alkanes) is 1. The lowest BCUT2D eigenvalue weighted by atomic mass is 9.66. The molecule has 0 radical (unpaired) electrons. The fourth-order valence-electron chi connectivity index (χ4n) is 6.58. The van der Waals surface area contributed by atoms with E-state index in [-0.39, 0.29) is 5.92 Å². The summed E-state index contributed by atoms with van der Waals surface area (Å²) in [5.41, 5.74) is 0. The minimum Gasteiger partial charge on any atom is -0.247 e. The fraction of sp³-hybridized carbons (Fsp3) is 1.00. The molecule has 2 aliphatic carbocycles. The van der Waals surface area contributed by atoms with E-state index in [0.29, 0.717) is 18.8 Å². The molecule has 0 aliphatic heterocycles. The van der Waals surface area contributed by atoms with Crippen molar-refractivity contribution < 1.29 is 8.78 Å². The molecule has 0 aromatic rings. The summed E-state index contributed by atoms with van der Waals surface area (Å²) in [5.74, 6) is 3.48. The molecule has 172 valence electrons. The minimum atomic E-state index is -0.663. The highest BCUT2D eigenvalue weighted by Crippen LogP contribution is 2.45. The van der Waals surface area contributed by atoms with E-state index >= 15 is 0 Å². The molecule has 0 bridgehead atoms. The maximum Gasteiger partial charge on any atom is 0.103 e. The zero-order valence-corrected chi connectivity index (χ0v) is 19.8. The normalized spacial score (nSPS) is 31.9. The maximum absolute atomic E-state index is 14.9. The molecule has 0 heterocycles. The SMILES string of the molecule is CCCCC(F)CCCC1CCC(C2CCC(C(CCC)CCC)CC2)CC1F. The van der Waals surface area contributed by atoms with Crippen LogP contribution < -0.4 is 0 Å². The molecule has 29 heavy (non-hydrogen) atoms. The Bertz CT molecular complexity index is 395. The Morgan fingerprint density at radius 1 is 0.724 bits per heavy atom. The minimum absolute atomic E-state index is 0.208. The van der Waals surface area contributed by atoms with Crippen molar-refractivity contribution in [3.63, 3.8) is 0 Å². The molecule has 0 N–H and O–H groups in total. The van der Waals surface area contributed by atoms with Gasteiger partial charge in [-0.15, -0.1) is 0 Å². The van der Waals surface area contributed by atoms with Gasteiger partial charge in [0.25, 0.3) is 0 Å². The Hall–Kier alpha value is -0.140. The van der Waals surface area contributed by atoms with Crippen LogP contribution in [0.25, 0.3) is 0 Å². The summed E-state index contributed by atoms with van der Waals surface area (Å²) in [5, 5.41) is 0. The molecule has 2 fully saturated rings. The zero-order chi connectivity index (χ0) is 21.1. The molecule has 2 rings (SSSR count). The quantitative estimate of drug-likeness (QED) is 0.282. The summed E-state index contributed by atoms with van der Waals surface area (Å²) in [7, 11) is 0. The second-order valence-corrected chi connectivity index (χ2v) is 10.5. The van der Waals surface area contributed by atoms with E-state index in [9.17, 15) is 8.78 Å². The number of halogens is 2. The van der Waals surface area contributed by atoms with Gasteiger partial charge in [-0.3, -0.25) is 0 Å². The number of alkyl halides is 2. The number of hydrogen-bond acceptors (Lipinski definition) is 0. The molecule has 0 saturated heterocycles. The first-order chi connectivity index (χ1) is 14.1. The van der Waals surface area contributed by atoms with Gasteiger partial charge < -0.3 is 0 Å². The van der Waals surface area contributed by atoms with Gasteiger partial charge >= 0.3 is 0 Å². The molecule has 0 aromatic heterocycles. The second-order valence-electron chi connectivity index (χ2n) is 10.5. The predicted molar refractivity (Wildman–Crippen MR) is 123 cm³/mol. The van der Waals surface area contributed by atoms with Crippen molar-refractivity contribution in [3.8, 4) is 0 Å². The van der Waals surface area contributed by atoms with E-state index in [0.717, 1.165) is 56.3 Å². The molecule has 2 heteroatoms. The van der Waals surface area contributed by atoms with E-state index < -0.39 is 12.3 Å². The van der Waals surface area contributed by atoms with Crippen molar-refractivity contribution in [2.45, 2.75) is 142 Å². The van der Waals surface area contributed by atoms with Crippen LogP contribution in [0.5, 0.6) is 0 Å². The summed E-state index contributed by atoms with van der Waals surface area (Å²) in [6.45, 7) is 6.76. The predicted octanol–water partition coefficient (Wildman–Crippen LogP) is 9.46. The topological polar surface area (TPSA) is 0 Å². The third-order valence-electron chi connectivity index (χ3n) is 8.38. The number of hydrogen-bond donors (Lipinski definition) is 0. The van der Waals surface area contributed by atoms with Crippen molar-refractivity contribution in [1.29, 1.82) is 0 Å². The zero-order valence-electron chi connectivity index (χ0n) is 19.8. The lowest BCUT2D eigenvalue weighted by Crippen LogP contribution is -2.33. The molecule has 0 amide bonds. The molecule has 0 aromatic carbocycles. The van der Waals surface area contributed by atoms with Gasteiger partial charge in [-0.05, 0) is 93.8 Å². The van der Waals surface area contributed by atoms with Gasteiger partial charge in [0.05, 0.1) is 0 Å².